The molecule has 0 unspecified atom stereocenters. The standard InChI is InChI=1S/C12H18N6/c1-13-7-11-4-5-12(16-15-11)17(2)8-10-6-14-18(3)9-10/h4-6,9,13H,7-8H2,1-3H3. The van der Waals surface area contributed by atoms with Crippen LogP contribution in [0.1, 0.15) is 11.3 Å². The van der Waals surface area contributed by atoms with E-state index in [4.69, 9.17) is 0 Å². The Morgan fingerprint density at radius 2 is 2.17 bits per heavy atom. The molecule has 0 saturated heterocycles. The van der Waals surface area contributed by atoms with Gasteiger partial charge in [0.15, 0.2) is 5.82 Å². The summed E-state index contributed by atoms with van der Waals surface area (Å²) in [7, 11) is 5.80. The summed E-state index contributed by atoms with van der Waals surface area (Å²) in [5.74, 6) is 0.860. The molecule has 6 heteroatoms. The maximum atomic E-state index is 4.21. The maximum Gasteiger partial charge on any atom is 0.151 e. The zero-order valence-electron chi connectivity index (χ0n) is 11.0. The van der Waals surface area contributed by atoms with Crippen LogP contribution < -0.4 is 10.2 Å². The Hall–Kier alpha value is -1.95. The van der Waals surface area contributed by atoms with E-state index in [1.54, 1.807) is 4.68 Å². The SMILES string of the molecule is CNCc1ccc(N(C)Cc2cnn(C)c2)nn1. The zero-order valence-corrected chi connectivity index (χ0v) is 11.0. The molecule has 18 heavy (non-hydrogen) atoms. The van der Waals surface area contributed by atoms with Crippen LogP contribution in [-0.4, -0.2) is 34.1 Å². The minimum atomic E-state index is 0.736. The van der Waals surface area contributed by atoms with Gasteiger partial charge in [-0.15, -0.1) is 5.10 Å². The van der Waals surface area contributed by atoms with E-state index in [1.165, 1.54) is 0 Å². The van der Waals surface area contributed by atoms with Crippen molar-refractivity contribution >= 4 is 5.82 Å². The molecule has 0 aromatic carbocycles. The van der Waals surface area contributed by atoms with Crippen molar-refractivity contribution in [2.45, 2.75) is 13.1 Å². The van der Waals surface area contributed by atoms with Crippen molar-refractivity contribution in [2.75, 3.05) is 19.0 Å². The monoisotopic (exact) mass is 246 g/mol. The van der Waals surface area contributed by atoms with Gasteiger partial charge in [0.25, 0.3) is 0 Å². The van der Waals surface area contributed by atoms with Crippen LogP contribution in [-0.2, 0) is 20.1 Å². The smallest absolute Gasteiger partial charge is 0.151 e. The van der Waals surface area contributed by atoms with Crippen LogP contribution in [0.25, 0.3) is 0 Å². The third-order valence-corrected chi connectivity index (χ3v) is 2.63. The molecule has 96 valence electrons. The zero-order chi connectivity index (χ0) is 13.0. The summed E-state index contributed by atoms with van der Waals surface area (Å²) in [6.07, 6.45) is 3.86. The molecule has 1 N–H and O–H groups in total. The molecular weight excluding hydrogens is 228 g/mol. The molecule has 0 saturated carbocycles. The van der Waals surface area contributed by atoms with Crippen LogP contribution >= 0.6 is 0 Å². The van der Waals surface area contributed by atoms with E-state index in [9.17, 15) is 0 Å². The molecular formula is C12H18N6. The van der Waals surface area contributed by atoms with E-state index in [0.29, 0.717) is 0 Å². The third-order valence-electron chi connectivity index (χ3n) is 2.63. The molecule has 0 spiro atoms. The molecule has 0 bridgehead atoms. The summed E-state index contributed by atoms with van der Waals surface area (Å²) in [6.45, 7) is 1.51. The minimum Gasteiger partial charge on any atom is -0.354 e. The summed E-state index contributed by atoms with van der Waals surface area (Å²) in [5.41, 5.74) is 2.09. The summed E-state index contributed by atoms with van der Waals surface area (Å²) in [5, 5.41) is 15.6. The highest BCUT2D eigenvalue weighted by molar-refractivity contribution is 5.37. The largest absolute Gasteiger partial charge is 0.354 e. The second-order valence-electron chi connectivity index (χ2n) is 4.29. The van der Waals surface area contributed by atoms with Crippen molar-refractivity contribution in [3.63, 3.8) is 0 Å². The van der Waals surface area contributed by atoms with E-state index in [1.807, 2.05) is 50.6 Å². The number of rotatable bonds is 5. The molecule has 0 aliphatic heterocycles. The van der Waals surface area contributed by atoms with Gasteiger partial charge in [0, 0.05) is 38.9 Å². The van der Waals surface area contributed by atoms with Gasteiger partial charge in [0.2, 0.25) is 0 Å². The van der Waals surface area contributed by atoms with Gasteiger partial charge >= 0.3 is 0 Å². The van der Waals surface area contributed by atoms with Gasteiger partial charge in [0.05, 0.1) is 11.9 Å². The molecule has 0 radical (unpaired) electrons. The number of hydrogen-bond donors (Lipinski definition) is 1. The fraction of sp³-hybridized carbons (Fsp3) is 0.417. The highest BCUT2D eigenvalue weighted by Gasteiger charge is 2.05. The van der Waals surface area contributed by atoms with Gasteiger partial charge in [-0.05, 0) is 19.2 Å². The van der Waals surface area contributed by atoms with Crippen LogP contribution in [0.5, 0.6) is 0 Å². The molecule has 0 amide bonds. The van der Waals surface area contributed by atoms with E-state index < -0.39 is 0 Å². The predicted molar refractivity (Wildman–Crippen MR) is 70.1 cm³/mol. The van der Waals surface area contributed by atoms with E-state index in [-0.39, 0.29) is 0 Å². The van der Waals surface area contributed by atoms with Crippen molar-refractivity contribution in [1.82, 2.24) is 25.3 Å². The van der Waals surface area contributed by atoms with Gasteiger partial charge < -0.3 is 10.2 Å². The van der Waals surface area contributed by atoms with E-state index >= 15 is 0 Å². The molecule has 0 aliphatic carbocycles. The van der Waals surface area contributed by atoms with Crippen molar-refractivity contribution in [3.05, 3.63) is 35.8 Å². The Morgan fingerprint density at radius 1 is 1.33 bits per heavy atom. The Morgan fingerprint density at radius 3 is 2.72 bits per heavy atom. The number of hydrogen-bond acceptors (Lipinski definition) is 5. The average Bonchev–Trinajstić information content (AvgIpc) is 2.76. The lowest BCUT2D eigenvalue weighted by Gasteiger charge is -2.16. The number of aryl methyl sites for hydroxylation is 1. The summed E-state index contributed by atoms with van der Waals surface area (Å²) in [4.78, 5) is 2.05. The Kier molecular flexibility index (Phi) is 3.88. The highest BCUT2D eigenvalue weighted by Crippen LogP contribution is 2.11. The summed E-state index contributed by atoms with van der Waals surface area (Å²) >= 11 is 0. The molecule has 6 nitrogen and oxygen atoms in total. The highest BCUT2D eigenvalue weighted by atomic mass is 15.3. The normalized spacial score (nSPS) is 10.6. The lowest BCUT2D eigenvalue weighted by Crippen LogP contribution is -2.18. The molecule has 0 fully saturated rings. The number of anilines is 1. The van der Waals surface area contributed by atoms with E-state index in [2.05, 4.69) is 20.6 Å². The Bertz CT molecular complexity index is 490. The minimum absolute atomic E-state index is 0.736. The molecule has 2 heterocycles. The van der Waals surface area contributed by atoms with E-state index in [0.717, 1.165) is 30.2 Å². The molecule has 2 aromatic heterocycles. The third kappa shape index (κ3) is 3.04. The number of aromatic nitrogens is 4. The predicted octanol–water partition coefficient (Wildman–Crippen LogP) is 0.566. The van der Waals surface area contributed by atoms with Crippen LogP contribution in [0, 0.1) is 0 Å². The van der Waals surface area contributed by atoms with Crippen molar-refractivity contribution in [1.29, 1.82) is 0 Å². The Labute approximate surface area is 107 Å². The summed E-state index contributed by atoms with van der Waals surface area (Å²) in [6, 6.07) is 3.97. The van der Waals surface area contributed by atoms with Crippen molar-refractivity contribution in [2.24, 2.45) is 7.05 Å². The summed E-state index contributed by atoms with van der Waals surface area (Å²) < 4.78 is 1.80. The van der Waals surface area contributed by atoms with Crippen molar-refractivity contribution < 1.29 is 0 Å². The average molecular weight is 246 g/mol. The fourth-order valence-corrected chi connectivity index (χ4v) is 1.74. The van der Waals surface area contributed by atoms with Gasteiger partial charge in [0.1, 0.15) is 0 Å². The quantitative estimate of drug-likeness (QED) is 0.835. The second kappa shape index (κ2) is 5.59. The van der Waals surface area contributed by atoms with Gasteiger partial charge in [-0.1, -0.05) is 0 Å². The second-order valence-corrected chi connectivity index (χ2v) is 4.29. The molecule has 0 aliphatic rings. The maximum absolute atomic E-state index is 4.21. The van der Waals surface area contributed by atoms with Gasteiger partial charge in [-0.2, -0.15) is 10.2 Å². The van der Waals surface area contributed by atoms with Crippen LogP contribution in [0.15, 0.2) is 24.5 Å². The molecule has 2 aromatic rings. The number of nitrogens with one attached hydrogen (secondary N) is 1. The molecule has 0 atom stereocenters. The number of nitrogens with zero attached hydrogens (tertiary/aromatic N) is 5. The first kappa shape index (κ1) is 12.5. The first-order valence-electron chi connectivity index (χ1n) is 5.85. The van der Waals surface area contributed by atoms with Crippen LogP contribution in [0.4, 0.5) is 5.82 Å². The fourth-order valence-electron chi connectivity index (χ4n) is 1.74. The van der Waals surface area contributed by atoms with Gasteiger partial charge in [-0.25, -0.2) is 0 Å². The lowest BCUT2D eigenvalue weighted by molar-refractivity contribution is 0.757. The molecule has 2 rings (SSSR count). The van der Waals surface area contributed by atoms with Crippen molar-refractivity contribution in [3.8, 4) is 0 Å². The Balaban J connectivity index is 2.02. The van der Waals surface area contributed by atoms with Gasteiger partial charge in [-0.3, -0.25) is 4.68 Å². The van der Waals surface area contributed by atoms with Crippen LogP contribution in [0.3, 0.4) is 0 Å². The van der Waals surface area contributed by atoms with Crippen LogP contribution in [0.2, 0.25) is 0 Å². The first-order valence-corrected chi connectivity index (χ1v) is 5.85. The lowest BCUT2D eigenvalue weighted by atomic mass is 10.3. The topological polar surface area (TPSA) is 58.9 Å². The first-order chi connectivity index (χ1) is 8.69.